The van der Waals surface area contributed by atoms with Crippen LogP contribution in [0.2, 0.25) is 0 Å². The van der Waals surface area contributed by atoms with Crippen LogP contribution in [0.25, 0.3) is 0 Å². The minimum atomic E-state index is 0.645. The largest absolute Gasteiger partial charge is 0.497 e. The van der Waals surface area contributed by atoms with Crippen LogP contribution >= 0.6 is 0 Å². The molecule has 1 aromatic carbocycles. The molecule has 0 aliphatic heterocycles. The molecule has 0 radical (unpaired) electrons. The Morgan fingerprint density at radius 1 is 1.28 bits per heavy atom. The zero-order valence-electron chi connectivity index (χ0n) is 12.3. The van der Waals surface area contributed by atoms with Gasteiger partial charge < -0.3 is 10.1 Å². The minimum Gasteiger partial charge on any atom is -0.497 e. The number of hydrogen-bond donors (Lipinski definition) is 1. The Hall–Kier alpha value is -1.02. The molecule has 1 unspecified atom stereocenters. The molecule has 0 spiro atoms. The molecule has 0 aliphatic rings. The molecule has 0 heterocycles. The smallest absolute Gasteiger partial charge is 0.119 e. The van der Waals surface area contributed by atoms with Gasteiger partial charge in [-0.1, -0.05) is 19.9 Å². The Morgan fingerprint density at radius 3 is 2.61 bits per heavy atom. The van der Waals surface area contributed by atoms with Crippen LogP contribution in [-0.2, 0) is 6.42 Å². The summed E-state index contributed by atoms with van der Waals surface area (Å²) in [5.41, 5.74) is 2.77. The van der Waals surface area contributed by atoms with Crippen LogP contribution in [0, 0.1) is 6.92 Å². The van der Waals surface area contributed by atoms with Gasteiger partial charge in [0.2, 0.25) is 0 Å². The summed E-state index contributed by atoms with van der Waals surface area (Å²) in [4.78, 5) is 0. The van der Waals surface area contributed by atoms with E-state index < -0.39 is 0 Å². The summed E-state index contributed by atoms with van der Waals surface area (Å²) < 4.78 is 5.24. The summed E-state index contributed by atoms with van der Waals surface area (Å²) in [5.74, 6) is 0.951. The zero-order valence-corrected chi connectivity index (χ0v) is 12.3. The van der Waals surface area contributed by atoms with Gasteiger partial charge in [-0.3, -0.25) is 0 Å². The Kier molecular flexibility index (Phi) is 6.81. The molecule has 2 nitrogen and oxygen atoms in total. The number of rotatable bonds is 8. The van der Waals surface area contributed by atoms with E-state index in [4.69, 9.17) is 4.74 Å². The van der Waals surface area contributed by atoms with E-state index in [0.717, 1.165) is 18.7 Å². The van der Waals surface area contributed by atoms with E-state index in [1.165, 1.54) is 30.4 Å². The van der Waals surface area contributed by atoms with Gasteiger partial charge in [-0.25, -0.2) is 0 Å². The van der Waals surface area contributed by atoms with E-state index in [1.54, 1.807) is 7.11 Å². The standard InChI is InChI=1S/C16H27NO/c1-5-11-17-15(6-2)9-7-14-8-10-16(18-4)12-13(14)3/h8,10,12,15,17H,5-7,9,11H2,1-4H3. The summed E-state index contributed by atoms with van der Waals surface area (Å²) in [6, 6.07) is 7.02. The topological polar surface area (TPSA) is 21.3 Å². The summed E-state index contributed by atoms with van der Waals surface area (Å²) in [7, 11) is 1.72. The van der Waals surface area contributed by atoms with Crippen molar-refractivity contribution in [2.24, 2.45) is 0 Å². The molecule has 0 bridgehead atoms. The highest BCUT2D eigenvalue weighted by Gasteiger charge is 2.07. The molecule has 0 aliphatic carbocycles. The number of benzene rings is 1. The third-order valence-corrected chi connectivity index (χ3v) is 3.49. The van der Waals surface area contributed by atoms with Crippen molar-refractivity contribution < 1.29 is 4.74 Å². The van der Waals surface area contributed by atoms with Crippen LogP contribution in [0.15, 0.2) is 18.2 Å². The number of nitrogens with one attached hydrogen (secondary N) is 1. The van der Waals surface area contributed by atoms with Gasteiger partial charge in [0.05, 0.1) is 7.11 Å². The third kappa shape index (κ3) is 4.69. The average molecular weight is 249 g/mol. The molecule has 1 atom stereocenters. The first-order valence-corrected chi connectivity index (χ1v) is 7.08. The van der Waals surface area contributed by atoms with E-state index >= 15 is 0 Å². The Balaban J connectivity index is 2.51. The van der Waals surface area contributed by atoms with Crippen LogP contribution in [0.3, 0.4) is 0 Å². The quantitative estimate of drug-likeness (QED) is 0.758. The summed E-state index contributed by atoms with van der Waals surface area (Å²) >= 11 is 0. The van der Waals surface area contributed by atoms with Gasteiger partial charge in [-0.2, -0.15) is 0 Å². The number of methoxy groups -OCH3 is 1. The molecule has 1 aromatic rings. The fourth-order valence-corrected chi connectivity index (χ4v) is 2.20. The Bertz CT molecular complexity index is 349. The molecule has 0 amide bonds. The van der Waals surface area contributed by atoms with Gasteiger partial charge in [0.25, 0.3) is 0 Å². The molecule has 0 saturated heterocycles. The van der Waals surface area contributed by atoms with Crippen LogP contribution in [0.1, 0.15) is 44.2 Å². The van der Waals surface area contributed by atoms with Crippen molar-refractivity contribution in [2.45, 2.75) is 52.5 Å². The van der Waals surface area contributed by atoms with Gasteiger partial charge in [-0.05, 0) is 62.4 Å². The summed E-state index contributed by atoms with van der Waals surface area (Å²) in [5, 5.41) is 3.61. The number of ether oxygens (including phenoxy) is 1. The first-order chi connectivity index (χ1) is 8.71. The first-order valence-electron chi connectivity index (χ1n) is 7.08. The molecule has 0 saturated carbocycles. The monoisotopic (exact) mass is 249 g/mol. The van der Waals surface area contributed by atoms with Gasteiger partial charge in [0.1, 0.15) is 5.75 Å². The second kappa shape index (κ2) is 8.15. The number of hydrogen-bond acceptors (Lipinski definition) is 2. The van der Waals surface area contributed by atoms with Crippen molar-refractivity contribution in [2.75, 3.05) is 13.7 Å². The predicted octanol–water partition coefficient (Wildman–Crippen LogP) is 3.71. The molecule has 1 N–H and O–H groups in total. The third-order valence-electron chi connectivity index (χ3n) is 3.49. The summed E-state index contributed by atoms with van der Waals surface area (Å²) in [6.07, 6.45) is 4.77. The highest BCUT2D eigenvalue weighted by Crippen LogP contribution is 2.18. The van der Waals surface area contributed by atoms with Crippen LogP contribution in [0.5, 0.6) is 5.75 Å². The lowest BCUT2D eigenvalue weighted by atomic mass is 9.99. The van der Waals surface area contributed by atoms with Crippen molar-refractivity contribution in [3.8, 4) is 5.75 Å². The fourth-order valence-electron chi connectivity index (χ4n) is 2.20. The molecule has 2 heteroatoms. The maximum absolute atomic E-state index is 5.24. The molecule has 102 valence electrons. The van der Waals surface area contributed by atoms with Crippen molar-refractivity contribution >= 4 is 0 Å². The van der Waals surface area contributed by atoms with Crippen LogP contribution < -0.4 is 10.1 Å². The van der Waals surface area contributed by atoms with Crippen molar-refractivity contribution in [1.29, 1.82) is 0 Å². The van der Waals surface area contributed by atoms with Crippen LogP contribution in [-0.4, -0.2) is 19.7 Å². The lowest BCUT2D eigenvalue weighted by molar-refractivity contribution is 0.414. The highest BCUT2D eigenvalue weighted by molar-refractivity contribution is 5.34. The van der Waals surface area contributed by atoms with Gasteiger partial charge in [0.15, 0.2) is 0 Å². The van der Waals surface area contributed by atoms with Gasteiger partial charge in [0, 0.05) is 6.04 Å². The van der Waals surface area contributed by atoms with E-state index in [0.29, 0.717) is 6.04 Å². The van der Waals surface area contributed by atoms with E-state index in [-0.39, 0.29) is 0 Å². The van der Waals surface area contributed by atoms with Crippen molar-refractivity contribution in [3.63, 3.8) is 0 Å². The second-order valence-corrected chi connectivity index (χ2v) is 4.89. The molecule has 0 fully saturated rings. The Morgan fingerprint density at radius 2 is 2.06 bits per heavy atom. The maximum atomic E-state index is 5.24. The minimum absolute atomic E-state index is 0.645. The maximum Gasteiger partial charge on any atom is 0.119 e. The lowest BCUT2D eigenvalue weighted by Gasteiger charge is -2.17. The van der Waals surface area contributed by atoms with E-state index in [2.05, 4.69) is 44.3 Å². The molecular weight excluding hydrogens is 222 g/mol. The normalized spacial score (nSPS) is 12.4. The Labute approximate surface area is 112 Å². The van der Waals surface area contributed by atoms with Gasteiger partial charge in [-0.15, -0.1) is 0 Å². The first kappa shape index (κ1) is 15.0. The second-order valence-electron chi connectivity index (χ2n) is 4.89. The lowest BCUT2D eigenvalue weighted by Crippen LogP contribution is -2.29. The summed E-state index contributed by atoms with van der Waals surface area (Å²) in [6.45, 7) is 7.76. The fraction of sp³-hybridized carbons (Fsp3) is 0.625. The van der Waals surface area contributed by atoms with E-state index in [9.17, 15) is 0 Å². The average Bonchev–Trinajstić information content (AvgIpc) is 2.40. The van der Waals surface area contributed by atoms with Crippen LogP contribution in [0.4, 0.5) is 0 Å². The highest BCUT2D eigenvalue weighted by atomic mass is 16.5. The molecular formula is C16H27NO. The molecule has 18 heavy (non-hydrogen) atoms. The molecule has 0 aromatic heterocycles. The zero-order chi connectivity index (χ0) is 13.4. The van der Waals surface area contributed by atoms with E-state index in [1.807, 2.05) is 0 Å². The SMILES string of the molecule is CCCNC(CC)CCc1ccc(OC)cc1C. The molecule has 1 rings (SSSR count). The number of aryl methyl sites for hydroxylation is 2. The van der Waals surface area contributed by atoms with Gasteiger partial charge >= 0.3 is 0 Å². The predicted molar refractivity (Wildman–Crippen MR) is 78.4 cm³/mol. The van der Waals surface area contributed by atoms with Crippen molar-refractivity contribution in [1.82, 2.24) is 5.32 Å². The van der Waals surface area contributed by atoms with Crippen molar-refractivity contribution in [3.05, 3.63) is 29.3 Å².